The molecule has 27 heavy (non-hydrogen) atoms. The third-order valence-electron chi connectivity index (χ3n) is 6.09. The molecule has 0 saturated heterocycles. The topological polar surface area (TPSA) is 63.9 Å². The second-order valence-corrected chi connectivity index (χ2v) is 7.98. The van der Waals surface area contributed by atoms with Gasteiger partial charge in [0.15, 0.2) is 5.82 Å². The van der Waals surface area contributed by atoms with Gasteiger partial charge in [-0.3, -0.25) is 4.79 Å². The van der Waals surface area contributed by atoms with E-state index in [9.17, 15) is 4.79 Å². The average Bonchev–Trinajstić information content (AvgIpc) is 3.16. The molecule has 3 atom stereocenters. The van der Waals surface area contributed by atoms with E-state index in [1.165, 1.54) is 6.42 Å². The highest BCUT2D eigenvalue weighted by Gasteiger charge is 2.28. The molecule has 1 aromatic heterocycles. The van der Waals surface area contributed by atoms with Crippen LogP contribution in [0.25, 0.3) is 5.69 Å². The molecule has 0 bridgehead atoms. The van der Waals surface area contributed by atoms with Gasteiger partial charge in [-0.25, -0.2) is 0 Å². The molecule has 1 fully saturated rings. The molecular formula is C21H31N5O. The summed E-state index contributed by atoms with van der Waals surface area (Å²) in [5.74, 6) is 2.60. The first-order chi connectivity index (χ1) is 13.1. The first-order valence-electron chi connectivity index (χ1n) is 10.1. The van der Waals surface area contributed by atoms with Crippen molar-refractivity contribution in [3.8, 4) is 5.69 Å². The van der Waals surface area contributed by atoms with Gasteiger partial charge in [-0.2, -0.15) is 4.68 Å². The summed E-state index contributed by atoms with van der Waals surface area (Å²) in [7, 11) is 1.98. The Kier molecular flexibility index (Phi) is 6.58. The summed E-state index contributed by atoms with van der Waals surface area (Å²) in [4.78, 5) is 14.6. The van der Waals surface area contributed by atoms with Gasteiger partial charge in [0.2, 0.25) is 5.91 Å². The monoisotopic (exact) mass is 369 g/mol. The predicted octanol–water partition coefficient (Wildman–Crippen LogP) is 3.66. The van der Waals surface area contributed by atoms with E-state index in [1.54, 1.807) is 4.68 Å². The largest absolute Gasteiger partial charge is 0.343 e. The summed E-state index contributed by atoms with van der Waals surface area (Å²) in [6, 6.07) is 10.3. The van der Waals surface area contributed by atoms with E-state index < -0.39 is 0 Å². The Morgan fingerprint density at radius 1 is 1.15 bits per heavy atom. The molecule has 2 aromatic rings. The van der Waals surface area contributed by atoms with Gasteiger partial charge >= 0.3 is 0 Å². The van der Waals surface area contributed by atoms with Crippen LogP contribution in [0.1, 0.15) is 58.2 Å². The average molecular weight is 370 g/mol. The van der Waals surface area contributed by atoms with Crippen LogP contribution in [-0.4, -0.2) is 44.1 Å². The molecule has 0 aliphatic heterocycles. The van der Waals surface area contributed by atoms with Gasteiger partial charge in [0.25, 0.3) is 0 Å². The molecule has 1 heterocycles. The van der Waals surface area contributed by atoms with Crippen LogP contribution in [-0.2, 0) is 11.2 Å². The number of aryl methyl sites for hydroxylation is 1. The molecule has 1 aliphatic carbocycles. The van der Waals surface area contributed by atoms with Crippen LogP contribution in [0.2, 0.25) is 0 Å². The molecule has 6 nitrogen and oxygen atoms in total. The Morgan fingerprint density at radius 3 is 2.67 bits per heavy atom. The predicted molar refractivity (Wildman–Crippen MR) is 105 cm³/mol. The Hall–Kier alpha value is -2.24. The Balaban J connectivity index is 1.44. The number of carbonyl (C=O) groups excluding carboxylic acids is 1. The fourth-order valence-corrected chi connectivity index (χ4v) is 3.94. The standard InChI is InChI=1S/C21H31N5O/c1-16-13-14-19(15-17(16)2)25(3)21(27)12-8-7-11-20-22-23-24-26(20)18-9-5-4-6-10-18/h4-6,9-10,16-17,19H,7-8,11-15H2,1-3H3. The van der Waals surface area contributed by atoms with E-state index in [0.29, 0.717) is 18.4 Å². The van der Waals surface area contributed by atoms with E-state index in [1.807, 2.05) is 42.3 Å². The number of rotatable bonds is 7. The zero-order valence-electron chi connectivity index (χ0n) is 16.7. The lowest BCUT2D eigenvalue weighted by Crippen LogP contribution is -2.41. The van der Waals surface area contributed by atoms with Crippen LogP contribution in [0, 0.1) is 11.8 Å². The maximum Gasteiger partial charge on any atom is 0.222 e. The minimum absolute atomic E-state index is 0.268. The van der Waals surface area contributed by atoms with Crippen molar-refractivity contribution >= 4 is 5.91 Å². The van der Waals surface area contributed by atoms with Crippen molar-refractivity contribution in [1.82, 2.24) is 25.1 Å². The summed E-state index contributed by atoms with van der Waals surface area (Å²) in [5.41, 5.74) is 0.967. The zero-order valence-corrected chi connectivity index (χ0v) is 16.7. The van der Waals surface area contributed by atoms with Gasteiger partial charge in [-0.15, -0.1) is 5.10 Å². The van der Waals surface area contributed by atoms with Crippen molar-refractivity contribution in [3.05, 3.63) is 36.2 Å². The van der Waals surface area contributed by atoms with Crippen LogP contribution in [0.5, 0.6) is 0 Å². The van der Waals surface area contributed by atoms with Crippen molar-refractivity contribution in [2.45, 2.75) is 64.8 Å². The lowest BCUT2D eigenvalue weighted by Gasteiger charge is -2.37. The van der Waals surface area contributed by atoms with Gasteiger partial charge in [0, 0.05) is 25.9 Å². The second-order valence-electron chi connectivity index (χ2n) is 7.98. The van der Waals surface area contributed by atoms with Crippen molar-refractivity contribution < 1.29 is 4.79 Å². The summed E-state index contributed by atoms with van der Waals surface area (Å²) >= 11 is 0. The van der Waals surface area contributed by atoms with Crippen LogP contribution < -0.4 is 0 Å². The van der Waals surface area contributed by atoms with Crippen LogP contribution in [0.3, 0.4) is 0 Å². The summed E-state index contributed by atoms with van der Waals surface area (Å²) in [5, 5.41) is 12.0. The van der Waals surface area contributed by atoms with Crippen LogP contribution in [0.4, 0.5) is 0 Å². The summed E-state index contributed by atoms with van der Waals surface area (Å²) in [6.07, 6.45) is 6.65. The smallest absolute Gasteiger partial charge is 0.222 e. The lowest BCUT2D eigenvalue weighted by molar-refractivity contribution is -0.133. The van der Waals surface area contributed by atoms with E-state index in [2.05, 4.69) is 29.4 Å². The molecule has 1 aromatic carbocycles. The number of tetrazole rings is 1. The maximum absolute atomic E-state index is 12.6. The maximum atomic E-state index is 12.6. The molecular weight excluding hydrogens is 338 g/mol. The highest BCUT2D eigenvalue weighted by molar-refractivity contribution is 5.76. The highest BCUT2D eigenvalue weighted by Crippen LogP contribution is 2.31. The van der Waals surface area contributed by atoms with E-state index in [0.717, 1.165) is 49.5 Å². The fraction of sp³-hybridized carbons (Fsp3) is 0.619. The number of para-hydroxylation sites is 1. The number of hydrogen-bond acceptors (Lipinski definition) is 4. The number of nitrogens with zero attached hydrogens (tertiary/aromatic N) is 5. The van der Waals surface area contributed by atoms with Gasteiger partial charge in [0.1, 0.15) is 0 Å². The lowest BCUT2D eigenvalue weighted by atomic mass is 9.78. The first-order valence-corrected chi connectivity index (χ1v) is 10.1. The van der Waals surface area contributed by atoms with Crippen molar-refractivity contribution in [1.29, 1.82) is 0 Å². The van der Waals surface area contributed by atoms with Crippen molar-refractivity contribution in [3.63, 3.8) is 0 Å². The van der Waals surface area contributed by atoms with E-state index in [-0.39, 0.29) is 5.91 Å². The minimum Gasteiger partial charge on any atom is -0.343 e. The molecule has 146 valence electrons. The Morgan fingerprint density at radius 2 is 1.93 bits per heavy atom. The molecule has 1 amide bonds. The van der Waals surface area contributed by atoms with Crippen LogP contribution >= 0.6 is 0 Å². The van der Waals surface area contributed by atoms with E-state index >= 15 is 0 Å². The third-order valence-corrected chi connectivity index (χ3v) is 6.09. The second kappa shape index (κ2) is 9.11. The number of benzene rings is 1. The normalized spacial score (nSPS) is 22.6. The molecule has 0 radical (unpaired) electrons. The highest BCUT2D eigenvalue weighted by atomic mass is 16.2. The SMILES string of the molecule is CC1CCC(N(C)C(=O)CCCCc2nnnn2-c2ccccc2)CC1C. The van der Waals surface area contributed by atoms with Crippen molar-refractivity contribution in [2.24, 2.45) is 11.8 Å². The van der Waals surface area contributed by atoms with Gasteiger partial charge in [0.05, 0.1) is 5.69 Å². The number of amides is 1. The molecule has 0 N–H and O–H groups in total. The van der Waals surface area contributed by atoms with Gasteiger partial charge < -0.3 is 4.90 Å². The molecule has 1 saturated carbocycles. The van der Waals surface area contributed by atoms with Crippen molar-refractivity contribution in [2.75, 3.05) is 7.05 Å². The summed E-state index contributed by atoms with van der Waals surface area (Å²) in [6.45, 7) is 4.64. The third kappa shape index (κ3) is 4.93. The molecule has 3 rings (SSSR count). The molecule has 3 unspecified atom stereocenters. The Labute approximate surface area is 161 Å². The fourth-order valence-electron chi connectivity index (χ4n) is 3.94. The van der Waals surface area contributed by atoms with Gasteiger partial charge in [-0.05, 0) is 66.5 Å². The number of unbranched alkanes of at least 4 members (excludes halogenated alkanes) is 1. The molecule has 1 aliphatic rings. The van der Waals surface area contributed by atoms with Crippen LogP contribution in [0.15, 0.2) is 30.3 Å². The molecule has 0 spiro atoms. The number of aromatic nitrogens is 4. The number of carbonyl (C=O) groups is 1. The minimum atomic E-state index is 0.268. The number of hydrogen-bond donors (Lipinski definition) is 0. The first kappa shape index (κ1) is 19.5. The van der Waals surface area contributed by atoms with Gasteiger partial charge in [-0.1, -0.05) is 32.0 Å². The quantitative estimate of drug-likeness (QED) is 0.699. The summed E-state index contributed by atoms with van der Waals surface area (Å²) < 4.78 is 1.78. The Bertz CT molecular complexity index is 729. The van der Waals surface area contributed by atoms with E-state index in [4.69, 9.17) is 0 Å². The molecule has 6 heteroatoms. The zero-order chi connectivity index (χ0) is 19.2.